The summed E-state index contributed by atoms with van der Waals surface area (Å²) in [6, 6.07) is 25.8. The summed E-state index contributed by atoms with van der Waals surface area (Å²) in [4.78, 5) is 17.7. The second kappa shape index (κ2) is 10.9. The van der Waals surface area contributed by atoms with E-state index in [1.807, 2.05) is 29.2 Å². The number of amides is 2. The van der Waals surface area contributed by atoms with Gasteiger partial charge in [0, 0.05) is 37.2 Å². The van der Waals surface area contributed by atoms with Gasteiger partial charge in [-0.05, 0) is 42.2 Å². The third kappa shape index (κ3) is 6.04. The van der Waals surface area contributed by atoms with Crippen LogP contribution in [-0.4, -0.2) is 35.0 Å². The Morgan fingerprint density at radius 1 is 0.906 bits per heavy atom. The molecule has 3 aromatic carbocycles. The van der Waals surface area contributed by atoms with Crippen LogP contribution in [0.25, 0.3) is 0 Å². The second-order valence-electron chi connectivity index (χ2n) is 8.16. The van der Waals surface area contributed by atoms with Crippen LogP contribution < -0.4 is 5.32 Å². The van der Waals surface area contributed by atoms with Crippen molar-refractivity contribution < 1.29 is 4.79 Å². The maximum absolute atomic E-state index is 13.3. The van der Waals surface area contributed by atoms with Gasteiger partial charge in [0.25, 0.3) is 0 Å². The highest BCUT2D eigenvalue weighted by atomic mass is 35.5. The Bertz CT molecular complexity index is 1020. The van der Waals surface area contributed by atoms with Crippen molar-refractivity contribution in [3.63, 3.8) is 0 Å². The van der Waals surface area contributed by atoms with E-state index in [4.69, 9.17) is 23.2 Å². The Morgan fingerprint density at radius 3 is 2.16 bits per heavy atom. The van der Waals surface area contributed by atoms with Crippen molar-refractivity contribution in [2.75, 3.05) is 18.4 Å². The van der Waals surface area contributed by atoms with Crippen molar-refractivity contribution in [2.24, 2.45) is 0 Å². The summed E-state index contributed by atoms with van der Waals surface area (Å²) in [7, 11) is 0. The summed E-state index contributed by atoms with van der Waals surface area (Å²) in [5, 5.41) is 3.96. The highest BCUT2D eigenvalue weighted by Crippen LogP contribution is 2.27. The fourth-order valence-corrected chi connectivity index (χ4v) is 4.61. The van der Waals surface area contributed by atoms with Crippen LogP contribution in [0.5, 0.6) is 0 Å². The Hall–Kier alpha value is -2.53. The molecule has 0 aromatic heterocycles. The van der Waals surface area contributed by atoms with Crippen molar-refractivity contribution in [3.8, 4) is 0 Å². The fourth-order valence-electron chi connectivity index (χ4n) is 4.16. The molecule has 4 nitrogen and oxygen atoms in total. The number of halogens is 2. The predicted molar refractivity (Wildman–Crippen MR) is 132 cm³/mol. The minimum atomic E-state index is -0.139. The normalized spacial score (nSPS) is 14.8. The Morgan fingerprint density at radius 2 is 1.53 bits per heavy atom. The maximum Gasteiger partial charge on any atom is 0.322 e. The molecule has 0 spiro atoms. The molecule has 0 atom stereocenters. The molecule has 2 amide bonds. The number of carbonyl (C=O) groups excluding carboxylic acids is 1. The zero-order valence-electron chi connectivity index (χ0n) is 17.9. The molecule has 0 radical (unpaired) electrons. The van der Waals surface area contributed by atoms with E-state index in [-0.39, 0.29) is 12.1 Å². The maximum atomic E-state index is 13.3. The number of benzene rings is 3. The van der Waals surface area contributed by atoms with Crippen LogP contribution in [0.2, 0.25) is 10.0 Å². The molecule has 1 saturated heterocycles. The predicted octanol–water partition coefficient (Wildman–Crippen LogP) is 6.69. The Kier molecular flexibility index (Phi) is 7.69. The zero-order chi connectivity index (χ0) is 22.3. The number of likely N-dealkylation sites (tertiary alicyclic amines) is 1. The highest BCUT2D eigenvalue weighted by Gasteiger charge is 2.28. The number of hydrogen-bond acceptors (Lipinski definition) is 2. The molecule has 1 aliphatic heterocycles. The largest absolute Gasteiger partial charge is 0.322 e. The summed E-state index contributed by atoms with van der Waals surface area (Å²) in [5.74, 6) is 0. The van der Waals surface area contributed by atoms with Gasteiger partial charge in [-0.3, -0.25) is 4.90 Å². The molecule has 1 heterocycles. The first-order valence-corrected chi connectivity index (χ1v) is 11.7. The molecule has 1 fully saturated rings. The van der Waals surface area contributed by atoms with Gasteiger partial charge in [0.15, 0.2) is 0 Å². The van der Waals surface area contributed by atoms with Crippen molar-refractivity contribution in [1.29, 1.82) is 0 Å². The van der Waals surface area contributed by atoms with E-state index in [1.54, 1.807) is 18.2 Å². The average molecular weight is 468 g/mol. The van der Waals surface area contributed by atoms with Crippen LogP contribution in [0, 0.1) is 0 Å². The average Bonchev–Trinajstić information content (AvgIpc) is 2.81. The lowest BCUT2D eigenvalue weighted by Crippen LogP contribution is -2.48. The SMILES string of the molecule is O=C(Nc1ccc(Cl)cc1Cl)N(Cc1ccccc1)C1CCN(Cc2ccccc2)CC1. The highest BCUT2D eigenvalue weighted by molar-refractivity contribution is 6.36. The van der Waals surface area contributed by atoms with Crippen LogP contribution >= 0.6 is 23.2 Å². The second-order valence-corrected chi connectivity index (χ2v) is 9.00. The number of carbonyl (C=O) groups is 1. The first-order valence-electron chi connectivity index (χ1n) is 10.9. The number of hydrogen-bond donors (Lipinski definition) is 1. The van der Waals surface area contributed by atoms with Gasteiger partial charge in [0.05, 0.1) is 10.7 Å². The third-order valence-corrected chi connectivity index (χ3v) is 6.42. The van der Waals surface area contributed by atoms with Gasteiger partial charge < -0.3 is 10.2 Å². The molecule has 166 valence electrons. The molecule has 0 saturated carbocycles. The molecule has 1 N–H and O–H groups in total. The van der Waals surface area contributed by atoms with E-state index in [2.05, 4.69) is 46.6 Å². The summed E-state index contributed by atoms with van der Waals surface area (Å²) in [6.45, 7) is 3.42. The zero-order valence-corrected chi connectivity index (χ0v) is 19.4. The van der Waals surface area contributed by atoms with E-state index in [1.165, 1.54) is 5.56 Å². The van der Waals surface area contributed by atoms with Gasteiger partial charge >= 0.3 is 6.03 Å². The molecule has 4 rings (SSSR count). The Labute approximate surface area is 199 Å². The van der Waals surface area contributed by atoms with E-state index in [0.717, 1.165) is 38.0 Å². The summed E-state index contributed by atoms with van der Waals surface area (Å²) >= 11 is 12.3. The van der Waals surface area contributed by atoms with Crippen LogP contribution in [0.3, 0.4) is 0 Å². The fraction of sp³-hybridized carbons (Fsp3) is 0.269. The molecule has 1 aliphatic rings. The monoisotopic (exact) mass is 467 g/mol. The van der Waals surface area contributed by atoms with Crippen molar-refractivity contribution in [3.05, 3.63) is 100 Å². The van der Waals surface area contributed by atoms with E-state index < -0.39 is 0 Å². The molecular weight excluding hydrogens is 441 g/mol. The van der Waals surface area contributed by atoms with Gasteiger partial charge in [-0.25, -0.2) is 4.79 Å². The van der Waals surface area contributed by atoms with Gasteiger partial charge in [-0.2, -0.15) is 0 Å². The minimum Gasteiger partial charge on any atom is -0.317 e. The molecule has 6 heteroatoms. The number of nitrogens with one attached hydrogen (secondary N) is 1. The van der Waals surface area contributed by atoms with Crippen molar-refractivity contribution in [1.82, 2.24) is 9.80 Å². The smallest absolute Gasteiger partial charge is 0.317 e. The lowest BCUT2D eigenvalue weighted by molar-refractivity contribution is 0.120. The summed E-state index contributed by atoms with van der Waals surface area (Å²) in [6.07, 6.45) is 1.86. The minimum absolute atomic E-state index is 0.139. The van der Waals surface area contributed by atoms with Crippen LogP contribution in [0.4, 0.5) is 10.5 Å². The first-order chi connectivity index (χ1) is 15.6. The van der Waals surface area contributed by atoms with E-state index in [0.29, 0.717) is 22.3 Å². The quantitative estimate of drug-likeness (QED) is 0.437. The molecular formula is C26H27Cl2N3O. The van der Waals surface area contributed by atoms with Crippen LogP contribution in [-0.2, 0) is 13.1 Å². The third-order valence-electron chi connectivity index (χ3n) is 5.88. The van der Waals surface area contributed by atoms with Crippen molar-refractivity contribution in [2.45, 2.75) is 32.0 Å². The Balaban J connectivity index is 1.45. The standard InChI is InChI=1S/C26H27Cl2N3O/c27-22-11-12-25(24(28)17-22)29-26(32)31(19-21-9-5-2-6-10-21)23-13-15-30(16-14-23)18-20-7-3-1-4-8-20/h1-12,17,23H,13-16,18-19H2,(H,29,32). The molecule has 32 heavy (non-hydrogen) atoms. The van der Waals surface area contributed by atoms with Crippen molar-refractivity contribution >= 4 is 34.9 Å². The molecule has 3 aromatic rings. The van der Waals surface area contributed by atoms with E-state index >= 15 is 0 Å². The van der Waals surface area contributed by atoms with E-state index in [9.17, 15) is 4.79 Å². The topological polar surface area (TPSA) is 35.6 Å². The van der Waals surface area contributed by atoms with Gasteiger partial charge in [-0.1, -0.05) is 83.9 Å². The van der Waals surface area contributed by atoms with Gasteiger partial charge in [0.1, 0.15) is 0 Å². The molecule has 0 unspecified atom stereocenters. The molecule has 0 bridgehead atoms. The van der Waals surface area contributed by atoms with Gasteiger partial charge in [0.2, 0.25) is 0 Å². The lowest BCUT2D eigenvalue weighted by atomic mass is 10.0. The lowest BCUT2D eigenvalue weighted by Gasteiger charge is -2.38. The summed E-state index contributed by atoms with van der Waals surface area (Å²) < 4.78 is 0. The van der Waals surface area contributed by atoms with Crippen LogP contribution in [0.15, 0.2) is 78.9 Å². The summed E-state index contributed by atoms with van der Waals surface area (Å²) in [5.41, 5.74) is 3.00. The molecule has 0 aliphatic carbocycles. The number of nitrogens with zero attached hydrogens (tertiary/aromatic N) is 2. The number of urea groups is 1. The number of piperidine rings is 1. The number of anilines is 1. The number of rotatable bonds is 6. The van der Waals surface area contributed by atoms with Gasteiger partial charge in [-0.15, -0.1) is 0 Å². The van der Waals surface area contributed by atoms with Crippen LogP contribution in [0.1, 0.15) is 24.0 Å². The first kappa shape index (κ1) is 22.7.